The summed E-state index contributed by atoms with van der Waals surface area (Å²) in [5.41, 5.74) is 8.37. The number of aryl methyl sites for hydroxylation is 2. The molecule has 1 rings (SSSR count). The quantitative estimate of drug-likeness (QED) is 0.284. The molecule has 94 valence electrons. The fourth-order valence-electron chi connectivity index (χ4n) is 1.51. The molecule has 4 nitrogen and oxygen atoms in total. The zero-order chi connectivity index (χ0) is 13.0. The van der Waals surface area contributed by atoms with E-state index in [1.54, 1.807) is 11.8 Å². The fraction of sp³-hybridized carbons (Fsp3) is 0.500. The molecule has 1 heterocycles. The van der Waals surface area contributed by atoms with Crippen LogP contribution in [0.3, 0.4) is 0 Å². The van der Waals surface area contributed by atoms with Gasteiger partial charge in [0.1, 0.15) is 5.03 Å². The highest BCUT2D eigenvalue weighted by Gasteiger charge is 2.14. The summed E-state index contributed by atoms with van der Waals surface area (Å²) in [6, 6.07) is 1.94. The summed E-state index contributed by atoms with van der Waals surface area (Å²) in [4.78, 5) is 4.47. The molecule has 0 fully saturated rings. The molecule has 0 amide bonds. The smallest absolute Gasteiger partial charge is 0.173 e. The summed E-state index contributed by atoms with van der Waals surface area (Å²) >= 11 is 1.64. The average Bonchev–Trinajstić information content (AvgIpc) is 2.24. The highest BCUT2D eigenvalue weighted by molar-refractivity contribution is 7.99. The standard InChI is InChI=1S/C12H19N3OS/c1-7(2)6-17-12-10(11(13)15-16)8(3)5-9(4)14-12/h5,7,16H,6H2,1-4H3,(H2,13,15). The van der Waals surface area contributed by atoms with Crippen LogP contribution < -0.4 is 5.73 Å². The normalized spacial score (nSPS) is 12.2. The molecule has 0 bridgehead atoms. The zero-order valence-electron chi connectivity index (χ0n) is 10.7. The third-order valence-corrected chi connectivity index (χ3v) is 3.63. The molecular formula is C12H19N3OS. The fourth-order valence-corrected chi connectivity index (χ4v) is 2.62. The van der Waals surface area contributed by atoms with E-state index < -0.39 is 0 Å². The number of thioether (sulfide) groups is 1. The van der Waals surface area contributed by atoms with Gasteiger partial charge in [-0.3, -0.25) is 0 Å². The molecule has 0 saturated heterocycles. The molecule has 0 aliphatic rings. The highest BCUT2D eigenvalue weighted by Crippen LogP contribution is 2.25. The summed E-state index contributed by atoms with van der Waals surface area (Å²) in [6.45, 7) is 8.20. The van der Waals surface area contributed by atoms with Crippen LogP contribution in [-0.4, -0.2) is 21.8 Å². The number of nitrogens with two attached hydrogens (primary N) is 1. The van der Waals surface area contributed by atoms with E-state index in [0.717, 1.165) is 27.6 Å². The number of hydrogen-bond donors (Lipinski definition) is 2. The summed E-state index contributed by atoms with van der Waals surface area (Å²) in [5, 5.41) is 12.7. The van der Waals surface area contributed by atoms with Crippen molar-refractivity contribution in [2.24, 2.45) is 16.8 Å². The minimum absolute atomic E-state index is 0.126. The molecule has 0 unspecified atom stereocenters. The first-order valence-electron chi connectivity index (χ1n) is 5.54. The van der Waals surface area contributed by atoms with Gasteiger partial charge in [-0.2, -0.15) is 0 Å². The Balaban J connectivity index is 3.16. The number of hydrogen-bond acceptors (Lipinski definition) is 4. The second-order valence-corrected chi connectivity index (χ2v) is 5.46. The monoisotopic (exact) mass is 253 g/mol. The Labute approximate surface area is 106 Å². The van der Waals surface area contributed by atoms with Gasteiger partial charge < -0.3 is 10.9 Å². The Kier molecular flexibility index (Phi) is 4.81. The molecule has 0 aliphatic carbocycles. The molecule has 17 heavy (non-hydrogen) atoms. The van der Waals surface area contributed by atoms with Crippen LogP contribution in [0.2, 0.25) is 0 Å². The van der Waals surface area contributed by atoms with Crippen LogP contribution >= 0.6 is 11.8 Å². The maximum Gasteiger partial charge on any atom is 0.173 e. The van der Waals surface area contributed by atoms with E-state index in [4.69, 9.17) is 10.9 Å². The minimum atomic E-state index is 0.126. The van der Waals surface area contributed by atoms with Gasteiger partial charge in [-0.1, -0.05) is 19.0 Å². The maximum absolute atomic E-state index is 8.81. The lowest BCUT2D eigenvalue weighted by Crippen LogP contribution is -2.17. The Bertz CT molecular complexity index is 430. The molecule has 1 aromatic rings. The summed E-state index contributed by atoms with van der Waals surface area (Å²) in [5.74, 6) is 1.66. The molecule has 1 aromatic heterocycles. The molecule has 0 saturated carbocycles. The molecule has 0 radical (unpaired) electrons. The Morgan fingerprint density at radius 1 is 1.53 bits per heavy atom. The Morgan fingerprint density at radius 3 is 2.71 bits per heavy atom. The predicted molar refractivity (Wildman–Crippen MR) is 71.8 cm³/mol. The van der Waals surface area contributed by atoms with Crippen LogP contribution in [0.4, 0.5) is 0 Å². The van der Waals surface area contributed by atoms with Crippen LogP contribution in [0.1, 0.15) is 30.7 Å². The number of amidine groups is 1. The summed E-state index contributed by atoms with van der Waals surface area (Å²) < 4.78 is 0. The molecule has 0 aliphatic heterocycles. The van der Waals surface area contributed by atoms with Crippen molar-refractivity contribution in [2.45, 2.75) is 32.7 Å². The number of rotatable bonds is 4. The van der Waals surface area contributed by atoms with Crippen LogP contribution in [0, 0.1) is 19.8 Å². The molecule has 0 aromatic carbocycles. The highest BCUT2D eigenvalue weighted by atomic mass is 32.2. The second-order valence-electron chi connectivity index (χ2n) is 4.45. The largest absolute Gasteiger partial charge is 0.409 e. The summed E-state index contributed by atoms with van der Waals surface area (Å²) in [6.07, 6.45) is 0. The SMILES string of the molecule is Cc1cc(C)c(C(N)=NO)c(SCC(C)C)n1. The lowest BCUT2D eigenvalue weighted by molar-refractivity contribution is 0.318. The van der Waals surface area contributed by atoms with E-state index in [1.165, 1.54) is 0 Å². The van der Waals surface area contributed by atoms with Gasteiger partial charge in [0, 0.05) is 11.4 Å². The molecule has 5 heteroatoms. The van der Waals surface area contributed by atoms with Crippen LogP contribution in [0.25, 0.3) is 0 Å². The van der Waals surface area contributed by atoms with Crippen molar-refractivity contribution in [3.8, 4) is 0 Å². The molecule has 3 N–H and O–H groups in total. The van der Waals surface area contributed by atoms with Crippen molar-refractivity contribution >= 4 is 17.6 Å². The second kappa shape index (κ2) is 5.91. The van der Waals surface area contributed by atoms with Gasteiger partial charge in [-0.25, -0.2) is 4.98 Å². The van der Waals surface area contributed by atoms with Crippen LogP contribution in [0.15, 0.2) is 16.2 Å². The number of nitrogens with zero attached hydrogens (tertiary/aromatic N) is 2. The van der Waals surface area contributed by atoms with Crippen molar-refractivity contribution in [3.05, 3.63) is 22.9 Å². The van der Waals surface area contributed by atoms with E-state index in [1.807, 2.05) is 19.9 Å². The Morgan fingerprint density at radius 2 is 2.18 bits per heavy atom. The molecule has 0 spiro atoms. The lowest BCUT2D eigenvalue weighted by atomic mass is 10.1. The zero-order valence-corrected chi connectivity index (χ0v) is 11.5. The van der Waals surface area contributed by atoms with Crippen molar-refractivity contribution in [1.82, 2.24) is 4.98 Å². The third-order valence-electron chi connectivity index (χ3n) is 2.23. The van der Waals surface area contributed by atoms with Gasteiger partial charge in [0.2, 0.25) is 0 Å². The third kappa shape index (κ3) is 3.63. The van der Waals surface area contributed by atoms with E-state index in [-0.39, 0.29) is 5.84 Å². The van der Waals surface area contributed by atoms with Gasteiger partial charge in [0.05, 0.1) is 5.56 Å². The van der Waals surface area contributed by atoms with Crippen molar-refractivity contribution in [1.29, 1.82) is 0 Å². The minimum Gasteiger partial charge on any atom is -0.409 e. The number of oxime groups is 1. The van der Waals surface area contributed by atoms with E-state index in [0.29, 0.717) is 5.92 Å². The maximum atomic E-state index is 8.81. The first-order valence-corrected chi connectivity index (χ1v) is 6.53. The lowest BCUT2D eigenvalue weighted by Gasteiger charge is -2.12. The number of aromatic nitrogens is 1. The topological polar surface area (TPSA) is 71.5 Å². The van der Waals surface area contributed by atoms with Crippen molar-refractivity contribution in [2.75, 3.05) is 5.75 Å². The molecular weight excluding hydrogens is 234 g/mol. The van der Waals surface area contributed by atoms with Crippen molar-refractivity contribution in [3.63, 3.8) is 0 Å². The Hall–Kier alpha value is -1.23. The van der Waals surface area contributed by atoms with Gasteiger partial charge >= 0.3 is 0 Å². The van der Waals surface area contributed by atoms with E-state index in [2.05, 4.69) is 24.0 Å². The van der Waals surface area contributed by atoms with Crippen LogP contribution in [0.5, 0.6) is 0 Å². The van der Waals surface area contributed by atoms with E-state index >= 15 is 0 Å². The average molecular weight is 253 g/mol. The predicted octanol–water partition coefficient (Wildman–Crippen LogP) is 2.54. The number of pyridine rings is 1. The van der Waals surface area contributed by atoms with Crippen LogP contribution in [-0.2, 0) is 0 Å². The first kappa shape index (κ1) is 13.8. The summed E-state index contributed by atoms with van der Waals surface area (Å²) in [7, 11) is 0. The van der Waals surface area contributed by atoms with Gasteiger partial charge in [0.15, 0.2) is 5.84 Å². The molecule has 0 atom stereocenters. The first-order chi connectivity index (χ1) is 7.95. The van der Waals surface area contributed by atoms with Gasteiger partial charge in [-0.05, 0) is 31.4 Å². The van der Waals surface area contributed by atoms with Gasteiger partial charge in [-0.15, -0.1) is 11.8 Å². The van der Waals surface area contributed by atoms with E-state index in [9.17, 15) is 0 Å². The van der Waals surface area contributed by atoms with Gasteiger partial charge in [0.25, 0.3) is 0 Å². The van der Waals surface area contributed by atoms with Crippen molar-refractivity contribution < 1.29 is 5.21 Å².